The average molecular weight is 626 g/mol. The largest absolute Gasteiger partial charge is 0.493 e. The second kappa shape index (κ2) is 11.3. The number of nitrogens with one attached hydrogen (secondary N) is 1. The number of hydrogen-bond acceptors (Lipinski definition) is 5. The molecule has 3 rings (SSSR count). The third kappa shape index (κ3) is 6.24. The predicted molar refractivity (Wildman–Crippen MR) is 127 cm³/mol. The Bertz CT molecular complexity index is 1470. The number of benzene rings is 2. The van der Waals surface area contributed by atoms with E-state index < -0.39 is 42.6 Å². The van der Waals surface area contributed by atoms with Gasteiger partial charge in [-0.2, -0.15) is 52.0 Å². The van der Waals surface area contributed by atoms with Crippen LogP contribution in [0, 0.1) is 0 Å². The van der Waals surface area contributed by atoms with Gasteiger partial charge < -0.3 is 9.72 Å². The summed E-state index contributed by atoms with van der Waals surface area (Å²) >= 11 is 0. The zero-order chi connectivity index (χ0) is 30.8. The normalized spacial score (nSPS) is 13.4. The maximum atomic E-state index is 12.6. The van der Waals surface area contributed by atoms with Gasteiger partial charge in [0.25, 0.3) is 0 Å². The lowest BCUT2D eigenvalue weighted by Crippen LogP contribution is -2.66. The number of aromatic nitrogens is 1. The Morgan fingerprint density at radius 2 is 1.27 bits per heavy atom. The van der Waals surface area contributed by atoms with Crippen LogP contribution in [0.2, 0.25) is 0 Å². The number of fused-ring (bicyclic) bond motifs is 1. The molecule has 0 aliphatic heterocycles. The lowest BCUT2D eigenvalue weighted by atomic mass is 10.1. The molecule has 0 amide bonds. The third-order valence-corrected chi connectivity index (χ3v) is 6.87. The molecule has 18 heteroatoms. The van der Waals surface area contributed by atoms with E-state index >= 15 is 0 Å². The number of alkyl halides is 8. The standard InChI is InChI=1S/C18H17NO.C4H2F8O6S2/c1-2-3-12-20-16-10-8-14(9-11-16)18-13-15-6-4-5-7-17(15)19-18;5-1(6,3(9,10)19(13,14)15)2(7,8)4(11,12)20(16,17)18/h2,4-11,13,19H,1,3,12H2;(H,13,14,15)(H,16,17,18). The van der Waals surface area contributed by atoms with E-state index in [-0.39, 0.29) is 0 Å². The van der Waals surface area contributed by atoms with Crippen LogP contribution in [0.4, 0.5) is 35.1 Å². The van der Waals surface area contributed by atoms with Crippen molar-refractivity contribution in [1.82, 2.24) is 4.98 Å². The van der Waals surface area contributed by atoms with E-state index in [2.05, 4.69) is 48.0 Å². The first-order valence-corrected chi connectivity index (χ1v) is 13.4. The van der Waals surface area contributed by atoms with Crippen molar-refractivity contribution in [2.75, 3.05) is 6.61 Å². The van der Waals surface area contributed by atoms with Gasteiger partial charge >= 0.3 is 42.6 Å². The van der Waals surface area contributed by atoms with Gasteiger partial charge in [-0.15, -0.1) is 6.58 Å². The number of ether oxygens (including phenoxy) is 1. The first-order chi connectivity index (χ1) is 18.1. The molecule has 1 aromatic heterocycles. The topological polar surface area (TPSA) is 134 Å². The van der Waals surface area contributed by atoms with Crippen LogP contribution < -0.4 is 4.74 Å². The Hall–Kier alpha value is -3.22. The molecule has 0 bridgehead atoms. The number of aromatic amines is 1. The quantitative estimate of drug-likeness (QED) is 0.109. The maximum absolute atomic E-state index is 12.6. The minimum atomic E-state index is -7.58. The second-order valence-corrected chi connectivity index (χ2v) is 10.8. The minimum Gasteiger partial charge on any atom is -0.493 e. The van der Waals surface area contributed by atoms with Crippen molar-refractivity contribution in [1.29, 1.82) is 0 Å². The van der Waals surface area contributed by atoms with E-state index in [1.807, 2.05) is 24.3 Å². The zero-order valence-corrected chi connectivity index (χ0v) is 21.3. The van der Waals surface area contributed by atoms with Crippen LogP contribution in [0.5, 0.6) is 5.75 Å². The number of rotatable bonds is 10. The molecule has 40 heavy (non-hydrogen) atoms. The van der Waals surface area contributed by atoms with Gasteiger partial charge in [-0.05, 0) is 48.4 Å². The molecular weight excluding hydrogens is 606 g/mol. The molecule has 8 nitrogen and oxygen atoms in total. The van der Waals surface area contributed by atoms with Crippen molar-refractivity contribution in [3.8, 4) is 17.0 Å². The van der Waals surface area contributed by atoms with Crippen molar-refractivity contribution >= 4 is 31.1 Å². The van der Waals surface area contributed by atoms with E-state index in [0.717, 1.165) is 28.9 Å². The molecule has 0 saturated heterocycles. The van der Waals surface area contributed by atoms with Crippen molar-refractivity contribution < 1.29 is 65.8 Å². The SMILES string of the molecule is C=CCCOc1ccc(-c2cc3ccccc3[nH]2)cc1.O=S(=O)(O)C(F)(F)C(F)(F)C(F)(F)C(F)(F)S(=O)(=O)O. The molecule has 222 valence electrons. The summed E-state index contributed by atoms with van der Waals surface area (Å²) in [6.07, 6.45) is 2.72. The van der Waals surface area contributed by atoms with E-state index in [9.17, 15) is 52.0 Å². The summed E-state index contributed by atoms with van der Waals surface area (Å²) in [5.74, 6) is -14.3. The number of hydrogen-bond donors (Lipinski definition) is 3. The second-order valence-electron chi connectivity index (χ2n) is 7.85. The van der Waals surface area contributed by atoms with Gasteiger partial charge in [-0.3, -0.25) is 9.11 Å². The predicted octanol–water partition coefficient (Wildman–Crippen LogP) is 6.01. The lowest BCUT2D eigenvalue weighted by Gasteiger charge is -2.33. The Morgan fingerprint density at radius 3 is 1.70 bits per heavy atom. The Balaban J connectivity index is 0.000000280. The minimum absolute atomic E-state index is 0.676. The van der Waals surface area contributed by atoms with Crippen LogP contribution in [-0.2, 0) is 20.2 Å². The molecule has 2 aromatic carbocycles. The Labute approximate surface area is 221 Å². The summed E-state index contributed by atoms with van der Waals surface area (Å²) in [6.45, 7) is 4.36. The van der Waals surface area contributed by atoms with Crippen LogP contribution in [-0.4, -0.2) is 59.9 Å². The summed E-state index contributed by atoms with van der Waals surface area (Å²) < 4.78 is 161. The smallest absolute Gasteiger partial charge is 0.438 e. The molecule has 0 fully saturated rings. The number of H-pyrrole nitrogens is 1. The molecule has 0 saturated carbocycles. The zero-order valence-electron chi connectivity index (χ0n) is 19.7. The molecule has 3 N–H and O–H groups in total. The number of para-hydroxylation sites is 1. The van der Waals surface area contributed by atoms with Crippen LogP contribution in [0.3, 0.4) is 0 Å². The van der Waals surface area contributed by atoms with E-state index in [1.54, 1.807) is 0 Å². The molecule has 3 aromatic rings. The van der Waals surface area contributed by atoms with E-state index in [4.69, 9.17) is 13.8 Å². The summed E-state index contributed by atoms with van der Waals surface area (Å²) in [5, 5.41) is -13.1. The Kier molecular flexibility index (Phi) is 9.35. The summed E-state index contributed by atoms with van der Waals surface area (Å²) in [6, 6.07) is 18.6. The fraction of sp³-hybridized carbons (Fsp3) is 0.273. The van der Waals surface area contributed by atoms with Crippen molar-refractivity contribution in [3.63, 3.8) is 0 Å². The fourth-order valence-electron chi connectivity index (χ4n) is 2.91. The Morgan fingerprint density at radius 1 is 0.800 bits per heavy atom. The molecular formula is C22H19F8NO7S2. The third-order valence-electron chi connectivity index (χ3n) is 5.06. The van der Waals surface area contributed by atoms with E-state index in [1.165, 1.54) is 5.39 Å². The highest BCUT2D eigenvalue weighted by Crippen LogP contribution is 2.55. The highest BCUT2D eigenvalue weighted by atomic mass is 32.2. The van der Waals surface area contributed by atoms with Gasteiger partial charge in [0.1, 0.15) is 5.75 Å². The highest BCUT2D eigenvalue weighted by Gasteiger charge is 2.87. The summed E-state index contributed by atoms with van der Waals surface area (Å²) in [7, 11) is -14.6. The first-order valence-electron chi connectivity index (χ1n) is 10.5. The van der Waals surface area contributed by atoms with Gasteiger partial charge in [-0.25, -0.2) is 0 Å². The molecule has 0 aliphatic carbocycles. The van der Waals surface area contributed by atoms with Crippen molar-refractivity contribution in [3.05, 3.63) is 67.3 Å². The van der Waals surface area contributed by atoms with Crippen LogP contribution in [0.15, 0.2) is 67.3 Å². The molecule has 0 aliphatic rings. The molecule has 0 radical (unpaired) electrons. The molecule has 0 atom stereocenters. The highest BCUT2D eigenvalue weighted by molar-refractivity contribution is 7.87. The lowest BCUT2D eigenvalue weighted by molar-refractivity contribution is -0.327. The van der Waals surface area contributed by atoms with Gasteiger partial charge in [0, 0.05) is 16.6 Å². The van der Waals surface area contributed by atoms with Gasteiger partial charge in [-0.1, -0.05) is 24.3 Å². The molecule has 1 heterocycles. The van der Waals surface area contributed by atoms with Crippen molar-refractivity contribution in [2.24, 2.45) is 0 Å². The number of halogens is 8. The van der Waals surface area contributed by atoms with Gasteiger partial charge in [0.2, 0.25) is 0 Å². The van der Waals surface area contributed by atoms with Crippen molar-refractivity contribution in [2.45, 2.75) is 28.8 Å². The summed E-state index contributed by atoms with van der Waals surface area (Å²) in [5.41, 5.74) is 3.45. The van der Waals surface area contributed by atoms with Crippen LogP contribution >= 0.6 is 0 Å². The summed E-state index contributed by atoms with van der Waals surface area (Å²) in [4.78, 5) is 3.43. The van der Waals surface area contributed by atoms with Gasteiger partial charge in [0.15, 0.2) is 0 Å². The average Bonchev–Trinajstić information content (AvgIpc) is 3.28. The van der Waals surface area contributed by atoms with Crippen LogP contribution in [0.1, 0.15) is 6.42 Å². The fourth-order valence-corrected chi connectivity index (χ4v) is 3.81. The van der Waals surface area contributed by atoms with Crippen LogP contribution in [0.25, 0.3) is 22.2 Å². The maximum Gasteiger partial charge on any atom is 0.438 e. The molecule has 0 spiro atoms. The first kappa shape index (κ1) is 33.0. The van der Waals surface area contributed by atoms with E-state index in [0.29, 0.717) is 6.61 Å². The molecule has 0 unspecified atom stereocenters. The van der Waals surface area contributed by atoms with Gasteiger partial charge in [0.05, 0.1) is 6.61 Å². The monoisotopic (exact) mass is 625 g/mol.